The van der Waals surface area contributed by atoms with E-state index >= 15 is 0 Å². The van der Waals surface area contributed by atoms with Crippen LogP contribution >= 0.6 is 0 Å². The molecule has 0 aromatic heterocycles. The van der Waals surface area contributed by atoms with Crippen LogP contribution in [0.15, 0.2) is 12.2 Å². The molecule has 42 valence electrons. The van der Waals surface area contributed by atoms with Gasteiger partial charge in [0.15, 0.2) is 0 Å². The standard InChI is InChI=1S/C4H5NO2Si/c1-3(2-5)4(6)7-8/h1H2,8H3. The van der Waals surface area contributed by atoms with Gasteiger partial charge in [-0.15, -0.1) is 0 Å². The van der Waals surface area contributed by atoms with E-state index in [1.807, 2.05) is 0 Å². The third kappa shape index (κ3) is 1.58. The summed E-state index contributed by atoms with van der Waals surface area (Å²) < 4.78 is 4.28. The Bertz CT molecular complexity index is 158. The Kier molecular flexibility index (Phi) is 2.59. The van der Waals surface area contributed by atoms with Crippen molar-refractivity contribution in [2.45, 2.75) is 0 Å². The first-order chi connectivity index (χ1) is 3.72. The Balaban J connectivity index is 3.89. The average Bonchev–Trinajstić information content (AvgIpc) is 1.84. The quantitative estimate of drug-likeness (QED) is 0.255. The van der Waals surface area contributed by atoms with Crippen molar-refractivity contribution in [3.8, 4) is 6.07 Å². The lowest BCUT2D eigenvalue weighted by Crippen LogP contribution is -2.01. The molecule has 0 saturated heterocycles. The number of nitrogens with zero attached hydrogens (tertiary/aromatic N) is 1. The van der Waals surface area contributed by atoms with Gasteiger partial charge in [-0.1, -0.05) is 6.58 Å². The second-order valence-electron chi connectivity index (χ2n) is 1.08. The molecular formula is C4H5NO2Si. The van der Waals surface area contributed by atoms with Gasteiger partial charge < -0.3 is 4.43 Å². The van der Waals surface area contributed by atoms with E-state index in [9.17, 15) is 4.79 Å². The van der Waals surface area contributed by atoms with Gasteiger partial charge in [-0.05, 0) is 0 Å². The van der Waals surface area contributed by atoms with Gasteiger partial charge in [0.25, 0.3) is 0 Å². The maximum atomic E-state index is 10.2. The summed E-state index contributed by atoms with van der Waals surface area (Å²) in [6.45, 7) is 3.13. The molecular weight excluding hydrogens is 122 g/mol. The summed E-state index contributed by atoms with van der Waals surface area (Å²) in [5, 5.41) is 8.00. The minimum atomic E-state index is -0.612. The third-order valence-electron chi connectivity index (χ3n) is 0.567. The molecule has 3 nitrogen and oxygen atoms in total. The molecule has 0 fully saturated rings. The minimum Gasteiger partial charge on any atom is -0.525 e. The number of carbonyl (C=O) groups is 1. The molecule has 0 aromatic carbocycles. The summed E-state index contributed by atoms with van der Waals surface area (Å²) in [4.78, 5) is 10.2. The van der Waals surface area contributed by atoms with E-state index in [0.717, 1.165) is 0 Å². The van der Waals surface area contributed by atoms with Gasteiger partial charge in [0, 0.05) is 0 Å². The van der Waals surface area contributed by atoms with Crippen LogP contribution in [0.3, 0.4) is 0 Å². The number of hydrogen-bond acceptors (Lipinski definition) is 3. The minimum absolute atomic E-state index is 0.139. The maximum absolute atomic E-state index is 10.2. The highest BCUT2D eigenvalue weighted by molar-refractivity contribution is 6.10. The molecule has 0 aliphatic heterocycles. The largest absolute Gasteiger partial charge is 0.525 e. The summed E-state index contributed by atoms with van der Waals surface area (Å²) in [5.74, 6) is -0.612. The van der Waals surface area contributed by atoms with Crippen LogP contribution in [0.5, 0.6) is 0 Å². The lowest BCUT2D eigenvalue weighted by Gasteiger charge is -1.90. The van der Waals surface area contributed by atoms with Crippen molar-refractivity contribution in [1.29, 1.82) is 5.26 Å². The molecule has 0 amide bonds. The molecule has 0 aromatic rings. The van der Waals surface area contributed by atoms with Crippen molar-refractivity contribution >= 4 is 16.5 Å². The number of rotatable bonds is 1. The molecule has 0 spiro atoms. The van der Waals surface area contributed by atoms with Crippen molar-refractivity contribution in [1.82, 2.24) is 0 Å². The Labute approximate surface area is 50.1 Å². The molecule has 0 unspecified atom stereocenters. The Morgan fingerprint density at radius 1 is 1.88 bits per heavy atom. The van der Waals surface area contributed by atoms with Gasteiger partial charge in [0.1, 0.15) is 11.6 Å². The fourth-order valence-electron chi connectivity index (χ4n) is 0.169. The van der Waals surface area contributed by atoms with Crippen LogP contribution in [0, 0.1) is 11.3 Å². The monoisotopic (exact) mass is 127 g/mol. The highest BCUT2D eigenvalue weighted by atomic mass is 28.2. The molecule has 8 heavy (non-hydrogen) atoms. The van der Waals surface area contributed by atoms with Crippen molar-refractivity contribution in [3.05, 3.63) is 12.2 Å². The fraction of sp³-hybridized carbons (Fsp3) is 0. The molecule has 0 atom stereocenters. The second kappa shape index (κ2) is 2.99. The van der Waals surface area contributed by atoms with Crippen LogP contribution in [-0.2, 0) is 9.22 Å². The lowest BCUT2D eigenvalue weighted by atomic mass is 10.4. The maximum Gasteiger partial charge on any atom is 0.334 e. The van der Waals surface area contributed by atoms with E-state index < -0.39 is 5.97 Å². The molecule has 0 radical (unpaired) electrons. The van der Waals surface area contributed by atoms with E-state index in [1.165, 1.54) is 0 Å². The summed E-state index contributed by atoms with van der Waals surface area (Å²) >= 11 is 0. The van der Waals surface area contributed by atoms with Crippen LogP contribution in [0.4, 0.5) is 0 Å². The van der Waals surface area contributed by atoms with E-state index in [-0.39, 0.29) is 5.57 Å². The van der Waals surface area contributed by atoms with Gasteiger partial charge >= 0.3 is 5.97 Å². The van der Waals surface area contributed by atoms with Crippen molar-refractivity contribution in [2.24, 2.45) is 0 Å². The van der Waals surface area contributed by atoms with Gasteiger partial charge in [-0.3, -0.25) is 0 Å². The molecule has 0 aliphatic rings. The molecule has 0 saturated carbocycles. The average molecular weight is 127 g/mol. The first-order valence-corrected chi connectivity index (χ1v) is 2.71. The molecule has 0 heterocycles. The van der Waals surface area contributed by atoms with Gasteiger partial charge in [-0.2, -0.15) is 5.26 Å². The summed E-state index contributed by atoms with van der Waals surface area (Å²) in [6.07, 6.45) is 0. The lowest BCUT2D eigenvalue weighted by molar-refractivity contribution is -0.129. The number of hydrogen-bond donors (Lipinski definition) is 0. The third-order valence-corrected chi connectivity index (χ3v) is 0.938. The first kappa shape index (κ1) is 6.92. The van der Waals surface area contributed by atoms with Crippen LogP contribution in [0.25, 0.3) is 0 Å². The SMILES string of the molecule is C=C(C#N)C(=O)O[SiH3]. The molecule has 0 bridgehead atoms. The Hall–Kier alpha value is -1.08. The van der Waals surface area contributed by atoms with E-state index in [1.54, 1.807) is 6.07 Å². The highest BCUT2D eigenvalue weighted by Gasteiger charge is 2.01. The molecule has 0 aliphatic carbocycles. The highest BCUT2D eigenvalue weighted by Crippen LogP contribution is 1.87. The zero-order valence-corrected chi connectivity index (χ0v) is 6.47. The normalized spacial score (nSPS) is 7.38. The Morgan fingerprint density at radius 3 is 2.50 bits per heavy atom. The number of carbonyl (C=O) groups excluding carboxylic acids is 1. The molecule has 4 heteroatoms. The fourth-order valence-corrected chi connectivity index (χ4v) is 0.415. The number of nitriles is 1. The summed E-state index contributed by atoms with van der Waals surface area (Å²) in [7, 11) is 0.314. The predicted molar refractivity (Wildman–Crippen MR) is 30.8 cm³/mol. The van der Waals surface area contributed by atoms with Crippen LogP contribution in [0.2, 0.25) is 0 Å². The zero-order valence-electron chi connectivity index (χ0n) is 4.47. The van der Waals surface area contributed by atoms with Gasteiger partial charge in [-0.25, -0.2) is 4.79 Å². The molecule has 0 rings (SSSR count). The van der Waals surface area contributed by atoms with Gasteiger partial charge in [0.05, 0.1) is 0 Å². The summed E-state index contributed by atoms with van der Waals surface area (Å²) in [5.41, 5.74) is -0.139. The van der Waals surface area contributed by atoms with Gasteiger partial charge in [0.2, 0.25) is 10.5 Å². The topological polar surface area (TPSA) is 50.1 Å². The molecule has 0 N–H and O–H groups in total. The zero-order chi connectivity index (χ0) is 6.57. The van der Waals surface area contributed by atoms with Crippen molar-refractivity contribution in [3.63, 3.8) is 0 Å². The smallest absolute Gasteiger partial charge is 0.334 e. The van der Waals surface area contributed by atoms with E-state index in [4.69, 9.17) is 5.26 Å². The predicted octanol–water partition coefficient (Wildman–Crippen LogP) is -1.11. The van der Waals surface area contributed by atoms with E-state index in [0.29, 0.717) is 10.5 Å². The van der Waals surface area contributed by atoms with E-state index in [2.05, 4.69) is 11.0 Å². The van der Waals surface area contributed by atoms with Crippen LogP contribution in [0.1, 0.15) is 0 Å². The first-order valence-electron chi connectivity index (χ1n) is 1.89. The second-order valence-corrected chi connectivity index (χ2v) is 1.49. The van der Waals surface area contributed by atoms with Crippen molar-refractivity contribution < 1.29 is 9.22 Å². The van der Waals surface area contributed by atoms with Crippen LogP contribution < -0.4 is 0 Å². The Morgan fingerprint density at radius 2 is 2.38 bits per heavy atom. The van der Waals surface area contributed by atoms with Crippen molar-refractivity contribution in [2.75, 3.05) is 0 Å². The summed E-state index contributed by atoms with van der Waals surface area (Å²) in [6, 6.07) is 1.57. The van der Waals surface area contributed by atoms with Crippen LogP contribution in [-0.4, -0.2) is 16.5 Å².